The molecule has 0 aliphatic heterocycles. The molecule has 0 unspecified atom stereocenters. The molecule has 14 heavy (non-hydrogen) atoms. The number of carbonyl (C=O) groups excluding carboxylic acids is 1. The number of amides is 1. The zero-order valence-corrected chi connectivity index (χ0v) is 8.64. The molecule has 5 heteroatoms. The van der Waals surface area contributed by atoms with E-state index in [2.05, 4.69) is 21.2 Å². The molecule has 1 N–H and O–H groups in total. The molecule has 0 saturated carbocycles. The van der Waals surface area contributed by atoms with Crippen LogP contribution in [0.2, 0.25) is 0 Å². The highest BCUT2D eigenvalue weighted by molar-refractivity contribution is 9.10. The summed E-state index contributed by atoms with van der Waals surface area (Å²) in [5, 5.41) is 10.5. The van der Waals surface area contributed by atoms with E-state index >= 15 is 0 Å². The van der Waals surface area contributed by atoms with Gasteiger partial charge in [0.25, 0.3) is 0 Å². The van der Waals surface area contributed by atoms with Crippen LogP contribution >= 0.6 is 15.9 Å². The summed E-state index contributed by atoms with van der Waals surface area (Å²) in [6, 6.07) is 6.22. The van der Waals surface area contributed by atoms with Crippen molar-refractivity contribution < 1.29 is 9.18 Å². The van der Waals surface area contributed by atoms with Gasteiger partial charge >= 0.3 is 0 Å². The van der Waals surface area contributed by atoms with Crippen LogP contribution in [0.15, 0.2) is 22.7 Å². The van der Waals surface area contributed by atoms with Gasteiger partial charge in [-0.2, -0.15) is 5.26 Å². The van der Waals surface area contributed by atoms with Gasteiger partial charge in [-0.15, -0.1) is 0 Å². The molecule has 0 aromatic heterocycles. The predicted molar refractivity (Wildman–Crippen MR) is 53.0 cm³/mol. The number of carbonyl (C=O) groups is 1. The van der Waals surface area contributed by atoms with E-state index in [-0.39, 0.29) is 16.6 Å². The third-order valence-electron chi connectivity index (χ3n) is 1.47. The Morgan fingerprint density at radius 1 is 1.64 bits per heavy atom. The number of benzene rings is 1. The second kappa shape index (κ2) is 4.72. The first-order valence-corrected chi connectivity index (χ1v) is 4.55. The fraction of sp³-hybridized carbons (Fsp3) is 0.111. The summed E-state index contributed by atoms with van der Waals surface area (Å²) in [4.78, 5) is 11.0. The van der Waals surface area contributed by atoms with Gasteiger partial charge in [0.2, 0.25) is 5.91 Å². The van der Waals surface area contributed by atoms with Gasteiger partial charge in [0.15, 0.2) is 5.82 Å². The average molecular weight is 257 g/mol. The molecule has 0 spiro atoms. The van der Waals surface area contributed by atoms with E-state index < -0.39 is 11.7 Å². The molecule has 0 radical (unpaired) electrons. The highest BCUT2D eigenvalue weighted by atomic mass is 79.9. The van der Waals surface area contributed by atoms with Gasteiger partial charge in [0.1, 0.15) is 6.42 Å². The van der Waals surface area contributed by atoms with Gasteiger partial charge < -0.3 is 5.32 Å². The Bertz CT molecular complexity index is 400. The summed E-state index contributed by atoms with van der Waals surface area (Å²) in [7, 11) is 0. The Hall–Kier alpha value is -1.41. The largest absolute Gasteiger partial charge is 0.323 e. The lowest BCUT2D eigenvalue weighted by Gasteiger charge is -2.04. The van der Waals surface area contributed by atoms with Crippen LogP contribution in [0.25, 0.3) is 0 Å². The highest BCUT2D eigenvalue weighted by Gasteiger charge is 2.08. The van der Waals surface area contributed by atoms with Crippen LogP contribution in [0, 0.1) is 17.1 Å². The molecule has 0 aliphatic carbocycles. The first-order valence-electron chi connectivity index (χ1n) is 3.76. The number of nitrogens with one attached hydrogen (secondary N) is 1. The molecule has 1 aromatic rings. The summed E-state index contributed by atoms with van der Waals surface area (Å²) < 4.78 is 13.5. The number of anilines is 1. The molecule has 1 amide bonds. The molecule has 3 nitrogen and oxygen atoms in total. The number of halogens is 2. The van der Waals surface area contributed by atoms with Crippen molar-refractivity contribution in [2.24, 2.45) is 0 Å². The second-order valence-corrected chi connectivity index (χ2v) is 3.34. The van der Waals surface area contributed by atoms with Crippen molar-refractivity contribution in [1.29, 1.82) is 5.26 Å². The summed E-state index contributed by atoms with van der Waals surface area (Å²) in [5.41, 5.74) is 0.0691. The van der Waals surface area contributed by atoms with E-state index in [1.807, 2.05) is 0 Å². The van der Waals surface area contributed by atoms with Crippen molar-refractivity contribution in [2.75, 3.05) is 5.32 Å². The van der Waals surface area contributed by atoms with Gasteiger partial charge in [0.05, 0.1) is 16.2 Å². The lowest BCUT2D eigenvalue weighted by molar-refractivity contribution is -0.115. The first-order chi connectivity index (χ1) is 6.65. The Kier molecular flexibility index (Phi) is 3.60. The van der Waals surface area contributed by atoms with Crippen molar-refractivity contribution in [1.82, 2.24) is 0 Å². The summed E-state index contributed by atoms with van der Waals surface area (Å²) in [6.45, 7) is 0. The van der Waals surface area contributed by atoms with Gasteiger partial charge in [-0.25, -0.2) is 4.39 Å². The minimum Gasteiger partial charge on any atom is -0.323 e. The molecule has 0 saturated heterocycles. The first kappa shape index (κ1) is 10.7. The standard InChI is InChI=1S/C9H6BrFN2O/c10-6-2-1-3-7(9(6)11)13-8(14)4-5-12/h1-3H,4H2,(H,13,14). The lowest BCUT2D eigenvalue weighted by Crippen LogP contribution is -2.11. The molecule has 0 atom stereocenters. The maximum atomic E-state index is 13.3. The van der Waals surface area contributed by atoms with Crippen LogP contribution in [0.5, 0.6) is 0 Å². The van der Waals surface area contributed by atoms with E-state index in [0.29, 0.717) is 0 Å². The van der Waals surface area contributed by atoms with E-state index in [1.165, 1.54) is 12.1 Å². The van der Waals surface area contributed by atoms with Crippen molar-refractivity contribution in [3.05, 3.63) is 28.5 Å². The fourth-order valence-corrected chi connectivity index (χ4v) is 1.23. The number of hydrogen-bond acceptors (Lipinski definition) is 2. The third kappa shape index (κ3) is 2.54. The van der Waals surface area contributed by atoms with E-state index in [9.17, 15) is 9.18 Å². The SMILES string of the molecule is N#CCC(=O)Nc1cccc(Br)c1F. The number of hydrogen-bond donors (Lipinski definition) is 1. The van der Waals surface area contributed by atoms with Crippen LogP contribution in [-0.2, 0) is 4.79 Å². The molecule has 1 rings (SSSR count). The van der Waals surface area contributed by atoms with Crippen molar-refractivity contribution in [3.8, 4) is 6.07 Å². The molecule has 1 aromatic carbocycles. The van der Waals surface area contributed by atoms with Crippen molar-refractivity contribution in [3.63, 3.8) is 0 Å². The normalized spacial score (nSPS) is 9.21. The van der Waals surface area contributed by atoms with Crippen LogP contribution in [0.4, 0.5) is 10.1 Å². The topological polar surface area (TPSA) is 52.9 Å². The minimum atomic E-state index is -0.543. The van der Waals surface area contributed by atoms with Crippen LogP contribution in [0.3, 0.4) is 0 Å². The van der Waals surface area contributed by atoms with Gasteiger partial charge in [-0.1, -0.05) is 6.07 Å². The average Bonchev–Trinajstić information content (AvgIpc) is 2.13. The van der Waals surface area contributed by atoms with Gasteiger partial charge in [-0.05, 0) is 28.1 Å². The van der Waals surface area contributed by atoms with Gasteiger partial charge in [0, 0.05) is 0 Å². The van der Waals surface area contributed by atoms with Crippen molar-refractivity contribution >= 4 is 27.5 Å². The molecular weight excluding hydrogens is 251 g/mol. The maximum Gasteiger partial charge on any atom is 0.238 e. The van der Waals surface area contributed by atoms with E-state index in [0.717, 1.165) is 0 Å². The summed E-state index contributed by atoms with van der Waals surface area (Å²) >= 11 is 2.98. The van der Waals surface area contributed by atoms with Crippen LogP contribution in [0.1, 0.15) is 6.42 Å². The van der Waals surface area contributed by atoms with E-state index in [4.69, 9.17) is 5.26 Å². The molecule has 0 fully saturated rings. The van der Waals surface area contributed by atoms with Crippen LogP contribution < -0.4 is 5.32 Å². The lowest BCUT2D eigenvalue weighted by atomic mass is 10.3. The van der Waals surface area contributed by atoms with Crippen LogP contribution in [-0.4, -0.2) is 5.91 Å². The van der Waals surface area contributed by atoms with Crippen molar-refractivity contribution in [2.45, 2.75) is 6.42 Å². The Labute approximate surface area is 88.7 Å². The Morgan fingerprint density at radius 2 is 2.36 bits per heavy atom. The minimum absolute atomic E-state index is 0.0691. The number of rotatable bonds is 2. The predicted octanol–water partition coefficient (Wildman–Crippen LogP) is 2.44. The molecule has 72 valence electrons. The smallest absolute Gasteiger partial charge is 0.238 e. The number of nitriles is 1. The molecule has 0 aliphatic rings. The third-order valence-corrected chi connectivity index (χ3v) is 2.08. The Balaban J connectivity index is 2.83. The second-order valence-electron chi connectivity index (χ2n) is 2.48. The quantitative estimate of drug-likeness (QED) is 0.884. The van der Waals surface area contributed by atoms with E-state index in [1.54, 1.807) is 12.1 Å². The zero-order valence-electron chi connectivity index (χ0n) is 7.05. The summed E-state index contributed by atoms with van der Waals surface area (Å²) in [6.07, 6.45) is -0.286. The highest BCUT2D eigenvalue weighted by Crippen LogP contribution is 2.22. The monoisotopic (exact) mass is 256 g/mol. The number of nitrogens with zero attached hydrogens (tertiary/aromatic N) is 1. The fourth-order valence-electron chi connectivity index (χ4n) is 0.867. The molecular formula is C9H6BrFN2O. The molecule has 0 heterocycles. The maximum absolute atomic E-state index is 13.3. The molecule has 0 bridgehead atoms. The summed E-state index contributed by atoms with van der Waals surface area (Å²) in [5.74, 6) is -1.07. The Morgan fingerprint density at radius 3 is 3.00 bits per heavy atom. The zero-order chi connectivity index (χ0) is 10.6. The van der Waals surface area contributed by atoms with Gasteiger partial charge in [-0.3, -0.25) is 4.79 Å².